The highest BCUT2D eigenvalue weighted by Gasteiger charge is 2.24. The second-order valence-corrected chi connectivity index (χ2v) is 5.38. The van der Waals surface area contributed by atoms with Crippen molar-refractivity contribution in [2.75, 3.05) is 14.2 Å². The monoisotopic (exact) mass is 301 g/mol. The van der Waals surface area contributed by atoms with Gasteiger partial charge < -0.3 is 15.2 Å². The lowest BCUT2D eigenvalue weighted by molar-refractivity contribution is 0.348. The fourth-order valence-corrected chi connectivity index (χ4v) is 2.55. The molecule has 0 amide bonds. The van der Waals surface area contributed by atoms with Gasteiger partial charge in [0.1, 0.15) is 0 Å². The zero-order chi connectivity index (χ0) is 13.2. The molecule has 0 aliphatic rings. The third-order valence-corrected chi connectivity index (χ3v) is 3.34. The van der Waals surface area contributed by atoms with Gasteiger partial charge >= 0.3 is 0 Å². The number of nitrogens with two attached hydrogens (primary N) is 1. The fourth-order valence-electron chi connectivity index (χ4n) is 1.98. The summed E-state index contributed by atoms with van der Waals surface area (Å²) in [5, 5.41) is 0. The van der Waals surface area contributed by atoms with Crippen molar-refractivity contribution in [3.63, 3.8) is 0 Å². The van der Waals surface area contributed by atoms with Crippen LogP contribution in [0.5, 0.6) is 11.5 Å². The smallest absolute Gasteiger partial charge is 0.175 e. The van der Waals surface area contributed by atoms with E-state index in [4.69, 9.17) is 15.2 Å². The molecule has 0 saturated carbocycles. The topological polar surface area (TPSA) is 44.5 Å². The molecule has 0 atom stereocenters. The van der Waals surface area contributed by atoms with Gasteiger partial charge in [-0.1, -0.05) is 6.92 Å². The highest BCUT2D eigenvalue weighted by Crippen LogP contribution is 2.42. The second-order valence-electron chi connectivity index (χ2n) is 4.53. The molecule has 0 radical (unpaired) electrons. The van der Waals surface area contributed by atoms with Crippen molar-refractivity contribution >= 4 is 15.9 Å². The van der Waals surface area contributed by atoms with Gasteiger partial charge in [0.15, 0.2) is 11.5 Å². The highest BCUT2D eigenvalue weighted by atomic mass is 79.9. The summed E-state index contributed by atoms with van der Waals surface area (Å²) in [5.74, 6) is 1.48. The molecule has 0 spiro atoms. The lowest BCUT2D eigenvalue weighted by Crippen LogP contribution is -2.30. The lowest BCUT2D eigenvalue weighted by Gasteiger charge is -2.26. The minimum Gasteiger partial charge on any atom is -0.493 e. The van der Waals surface area contributed by atoms with E-state index in [9.17, 15) is 0 Å². The van der Waals surface area contributed by atoms with Crippen LogP contribution in [-0.4, -0.2) is 14.2 Å². The van der Waals surface area contributed by atoms with E-state index in [2.05, 4.69) is 22.9 Å². The van der Waals surface area contributed by atoms with Crippen LogP contribution in [0.25, 0.3) is 0 Å². The van der Waals surface area contributed by atoms with Gasteiger partial charge in [0, 0.05) is 11.1 Å². The predicted octanol–water partition coefficient (Wildman–Crippen LogP) is 3.22. The molecule has 1 aromatic rings. The van der Waals surface area contributed by atoms with E-state index < -0.39 is 5.54 Å². The fraction of sp³-hybridized carbons (Fsp3) is 0.538. The molecule has 0 aliphatic carbocycles. The summed E-state index contributed by atoms with van der Waals surface area (Å²) in [7, 11) is 3.28. The summed E-state index contributed by atoms with van der Waals surface area (Å²) in [4.78, 5) is 0. The second kappa shape index (κ2) is 5.27. The molecule has 96 valence electrons. The van der Waals surface area contributed by atoms with Crippen molar-refractivity contribution < 1.29 is 9.47 Å². The van der Waals surface area contributed by atoms with E-state index in [0.29, 0.717) is 0 Å². The quantitative estimate of drug-likeness (QED) is 0.928. The molecule has 0 aliphatic heterocycles. The molecule has 2 N–H and O–H groups in total. The standard InChI is InChI=1S/C13H20BrNO2/c1-6-8-9(13(2,3)15)7-10(14)12(17-5)11(8)16-4/h7H,6,15H2,1-5H3. The van der Waals surface area contributed by atoms with Crippen molar-refractivity contribution in [2.45, 2.75) is 32.7 Å². The first kappa shape index (κ1) is 14.3. The number of benzene rings is 1. The average Bonchev–Trinajstić information content (AvgIpc) is 2.26. The highest BCUT2D eigenvalue weighted by molar-refractivity contribution is 9.10. The SMILES string of the molecule is CCc1c(C(C)(C)N)cc(Br)c(OC)c1OC. The van der Waals surface area contributed by atoms with Crippen molar-refractivity contribution in [3.05, 3.63) is 21.7 Å². The Hall–Kier alpha value is -0.740. The maximum absolute atomic E-state index is 6.20. The summed E-state index contributed by atoms with van der Waals surface area (Å²) in [5.41, 5.74) is 7.96. The normalized spacial score (nSPS) is 11.5. The Morgan fingerprint density at radius 2 is 1.76 bits per heavy atom. The van der Waals surface area contributed by atoms with E-state index in [1.165, 1.54) is 0 Å². The Kier molecular flexibility index (Phi) is 4.44. The van der Waals surface area contributed by atoms with Gasteiger partial charge in [0.05, 0.1) is 18.7 Å². The maximum Gasteiger partial charge on any atom is 0.175 e. The number of ether oxygens (including phenoxy) is 2. The minimum atomic E-state index is -0.409. The van der Waals surface area contributed by atoms with Crippen LogP contribution in [0.15, 0.2) is 10.5 Å². The molecule has 0 heterocycles. The first-order chi connectivity index (χ1) is 7.86. The molecule has 0 aromatic heterocycles. The summed E-state index contributed by atoms with van der Waals surface area (Å²) >= 11 is 3.49. The van der Waals surface area contributed by atoms with Crippen LogP contribution >= 0.6 is 15.9 Å². The summed E-state index contributed by atoms with van der Waals surface area (Å²) < 4.78 is 11.7. The number of rotatable bonds is 4. The Labute approximate surface area is 111 Å². The first-order valence-electron chi connectivity index (χ1n) is 5.59. The van der Waals surface area contributed by atoms with Crippen molar-refractivity contribution in [2.24, 2.45) is 5.73 Å². The lowest BCUT2D eigenvalue weighted by atomic mass is 9.89. The Bertz CT molecular complexity index is 411. The zero-order valence-electron chi connectivity index (χ0n) is 11.1. The van der Waals surface area contributed by atoms with Crippen LogP contribution in [0.2, 0.25) is 0 Å². The summed E-state index contributed by atoms with van der Waals surface area (Å²) in [6.07, 6.45) is 0.850. The minimum absolute atomic E-state index is 0.409. The Morgan fingerprint density at radius 3 is 2.12 bits per heavy atom. The third kappa shape index (κ3) is 2.75. The van der Waals surface area contributed by atoms with Crippen LogP contribution < -0.4 is 15.2 Å². The molecular formula is C13H20BrNO2. The van der Waals surface area contributed by atoms with E-state index in [-0.39, 0.29) is 0 Å². The Morgan fingerprint density at radius 1 is 1.24 bits per heavy atom. The number of methoxy groups -OCH3 is 2. The van der Waals surface area contributed by atoms with Gasteiger partial charge in [-0.05, 0) is 47.8 Å². The van der Waals surface area contributed by atoms with E-state index in [1.54, 1.807) is 14.2 Å². The van der Waals surface area contributed by atoms with Crippen LogP contribution in [0, 0.1) is 0 Å². The average molecular weight is 302 g/mol. The molecule has 3 nitrogen and oxygen atoms in total. The van der Waals surface area contributed by atoms with Crippen LogP contribution in [0.4, 0.5) is 0 Å². The summed E-state index contributed by atoms with van der Waals surface area (Å²) in [6, 6.07) is 2.01. The zero-order valence-corrected chi connectivity index (χ0v) is 12.6. The molecule has 1 aromatic carbocycles. The molecule has 0 unspecified atom stereocenters. The predicted molar refractivity (Wildman–Crippen MR) is 73.8 cm³/mol. The van der Waals surface area contributed by atoms with Gasteiger partial charge in [0.25, 0.3) is 0 Å². The molecule has 0 fully saturated rings. The molecule has 1 rings (SSSR count). The first-order valence-corrected chi connectivity index (χ1v) is 6.38. The maximum atomic E-state index is 6.20. The number of halogens is 1. The van der Waals surface area contributed by atoms with Crippen LogP contribution in [0.1, 0.15) is 31.9 Å². The van der Waals surface area contributed by atoms with Crippen LogP contribution in [-0.2, 0) is 12.0 Å². The Balaban J connectivity index is 3.59. The van der Waals surface area contributed by atoms with Crippen molar-refractivity contribution in [1.29, 1.82) is 0 Å². The molecule has 0 saturated heterocycles. The number of hydrogen-bond acceptors (Lipinski definition) is 3. The van der Waals surface area contributed by atoms with E-state index in [1.807, 2.05) is 19.9 Å². The molecule has 4 heteroatoms. The van der Waals surface area contributed by atoms with Gasteiger partial charge in [-0.25, -0.2) is 0 Å². The number of hydrogen-bond donors (Lipinski definition) is 1. The van der Waals surface area contributed by atoms with Gasteiger partial charge in [-0.2, -0.15) is 0 Å². The third-order valence-electron chi connectivity index (χ3n) is 2.75. The van der Waals surface area contributed by atoms with E-state index >= 15 is 0 Å². The van der Waals surface area contributed by atoms with Crippen LogP contribution in [0.3, 0.4) is 0 Å². The van der Waals surface area contributed by atoms with Gasteiger partial charge in [-0.3, -0.25) is 0 Å². The van der Waals surface area contributed by atoms with E-state index in [0.717, 1.165) is 33.5 Å². The summed E-state index contributed by atoms with van der Waals surface area (Å²) in [6.45, 7) is 6.06. The molecule has 17 heavy (non-hydrogen) atoms. The van der Waals surface area contributed by atoms with Crippen molar-refractivity contribution in [3.8, 4) is 11.5 Å². The van der Waals surface area contributed by atoms with Gasteiger partial charge in [-0.15, -0.1) is 0 Å². The molecular weight excluding hydrogens is 282 g/mol. The van der Waals surface area contributed by atoms with Gasteiger partial charge in [0.2, 0.25) is 0 Å². The van der Waals surface area contributed by atoms with Crippen molar-refractivity contribution in [1.82, 2.24) is 0 Å². The molecule has 0 bridgehead atoms. The largest absolute Gasteiger partial charge is 0.493 e.